The molecule has 2 amide bonds. The molecule has 0 bridgehead atoms. The lowest BCUT2D eigenvalue weighted by atomic mass is 9.82. The van der Waals surface area contributed by atoms with Crippen LogP contribution in [0.2, 0.25) is 0 Å². The zero-order valence-corrected chi connectivity index (χ0v) is 14.6. The molecule has 0 unspecified atom stereocenters. The van der Waals surface area contributed by atoms with Crippen molar-refractivity contribution >= 4 is 22.7 Å². The van der Waals surface area contributed by atoms with Crippen molar-refractivity contribution in [1.29, 1.82) is 0 Å². The zero-order chi connectivity index (χ0) is 17.8. The molecule has 25 heavy (non-hydrogen) atoms. The number of aromatic amines is 1. The van der Waals surface area contributed by atoms with Gasteiger partial charge in [0, 0.05) is 36.2 Å². The Morgan fingerprint density at radius 1 is 1.28 bits per heavy atom. The Morgan fingerprint density at radius 3 is 2.80 bits per heavy atom. The number of fused-ring (bicyclic) bond motifs is 4. The average molecular weight is 341 g/mol. The van der Waals surface area contributed by atoms with Gasteiger partial charge in [-0.2, -0.15) is 0 Å². The smallest absolute Gasteiger partial charge is 0.246 e. The van der Waals surface area contributed by atoms with Gasteiger partial charge in [0.2, 0.25) is 11.8 Å². The fraction of sp³-hybridized carbons (Fsp3) is 0.474. The minimum absolute atomic E-state index is 0.0166. The van der Waals surface area contributed by atoms with Gasteiger partial charge in [-0.1, -0.05) is 18.2 Å². The predicted molar refractivity (Wildman–Crippen MR) is 93.9 cm³/mol. The van der Waals surface area contributed by atoms with E-state index in [0.717, 1.165) is 22.2 Å². The minimum atomic E-state index is -0.562. The van der Waals surface area contributed by atoms with Crippen LogP contribution in [0.1, 0.15) is 31.5 Å². The third-order valence-corrected chi connectivity index (χ3v) is 5.51. The molecule has 3 heterocycles. The number of carbonyl (C=O) groups is 2. The van der Waals surface area contributed by atoms with Crippen molar-refractivity contribution < 1.29 is 14.7 Å². The molecule has 0 radical (unpaired) electrons. The molecular weight excluding hydrogens is 318 g/mol. The van der Waals surface area contributed by atoms with E-state index >= 15 is 0 Å². The molecule has 2 N–H and O–H groups in total. The van der Waals surface area contributed by atoms with E-state index in [0.29, 0.717) is 19.4 Å². The SMILES string of the molecule is CC1(C)c2[nH]c3ccccc3c2C[C@H]2C(=O)N(CCCO)CC(=O)N21. The quantitative estimate of drug-likeness (QED) is 0.885. The Labute approximate surface area is 146 Å². The molecule has 2 aliphatic heterocycles. The Morgan fingerprint density at radius 2 is 2.04 bits per heavy atom. The number of hydrogen-bond acceptors (Lipinski definition) is 3. The lowest BCUT2D eigenvalue weighted by Crippen LogP contribution is -2.67. The van der Waals surface area contributed by atoms with Gasteiger partial charge >= 0.3 is 0 Å². The maximum atomic E-state index is 13.0. The van der Waals surface area contributed by atoms with Crippen molar-refractivity contribution in [3.05, 3.63) is 35.5 Å². The van der Waals surface area contributed by atoms with E-state index in [4.69, 9.17) is 5.11 Å². The summed E-state index contributed by atoms with van der Waals surface area (Å²) in [6, 6.07) is 7.60. The highest BCUT2D eigenvalue weighted by Crippen LogP contribution is 2.42. The van der Waals surface area contributed by atoms with Crippen LogP contribution in [-0.4, -0.2) is 57.4 Å². The number of aliphatic hydroxyl groups excluding tert-OH is 1. The summed E-state index contributed by atoms with van der Waals surface area (Å²) in [5.41, 5.74) is 2.63. The molecule has 1 saturated heterocycles. The second kappa shape index (κ2) is 5.59. The Balaban J connectivity index is 1.80. The van der Waals surface area contributed by atoms with Gasteiger partial charge in [-0.25, -0.2) is 0 Å². The normalized spacial score (nSPS) is 22.3. The van der Waals surface area contributed by atoms with Crippen LogP contribution >= 0.6 is 0 Å². The third-order valence-electron chi connectivity index (χ3n) is 5.51. The van der Waals surface area contributed by atoms with Crippen LogP contribution in [-0.2, 0) is 21.5 Å². The number of aromatic nitrogens is 1. The summed E-state index contributed by atoms with van der Waals surface area (Å²) in [5.74, 6) is -0.0473. The van der Waals surface area contributed by atoms with Crippen molar-refractivity contribution in [3.63, 3.8) is 0 Å². The van der Waals surface area contributed by atoms with Gasteiger partial charge in [0.1, 0.15) is 6.04 Å². The molecule has 1 fully saturated rings. The molecule has 4 rings (SSSR count). The van der Waals surface area contributed by atoms with Gasteiger partial charge in [-0.3, -0.25) is 9.59 Å². The third kappa shape index (κ3) is 2.28. The van der Waals surface area contributed by atoms with Crippen LogP contribution in [0.3, 0.4) is 0 Å². The fourth-order valence-electron chi connectivity index (χ4n) is 4.39. The molecule has 6 heteroatoms. The van der Waals surface area contributed by atoms with Gasteiger partial charge in [-0.05, 0) is 31.9 Å². The first-order chi connectivity index (χ1) is 11.9. The summed E-state index contributed by atoms with van der Waals surface area (Å²) < 4.78 is 0. The molecule has 6 nitrogen and oxygen atoms in total. The van der Waals surface area contributed by atoms with Crippen molar-refractivity contribution in [2.24, 2.45) is 0 Å². The number of nitrogens with one attached hydrogen (secondary N) is 1. The molecule has 0 spiro atoms. The summed E-state index contributed by atoms with van der Waals surface area (Å²) >= 11 is 0. The monoisotopic (exact) mass is 341 g/mol. The number of rotatable bonds is 3. The average Bonchev–Trinajstić information content (AvgIpc) is 2.96. The van der Waals surface area contributed by atoms with Crippen LogP contribution in [0.25, 0.3) is 10.9 Å². The van der Waals surface area contributed by atoms with Crippen molar-refractivity contribution in [3.8, 4) is 0 Å². The highest BCUT2D eigenvalue weighted by atomic mass is 16.3. The van der Waals surface area contributed by atoms with Crippen LogP contribution in [0, 0.1) is 0 Å². The maximum Gasteiger partial charge on any atom is 0.246 e. The summed E-state index contributed by atoms with van der Waals surface area (Å²) in [7, 11) is 0. The summed E-state index contributed by atoms with van der Waals surface area (Å²) in [6.07, 6.45) is 1.02. The molecular formula is C19H23N3O3. The molecule has 0 aliphatic carbocycles. The highest BCUT2D eigenvalue weighted by molar-refractivity contribution is 5.97. The van der Waals surface area contributed by atoms with E-state index in [1.54, 1.807) is 9.80 Å². The predicted octanol–water partition coefficient (Wildman–Crippen LogP) is 1.38. The lowest BCUT2D eigenvalue weighted by molar-refractivity contribution is -0.164. The fourth-order valence-corrected chi connectivity index (χ4v) is 4.39. The van der Waals surface area contributed by atoms with E-state index < -0.39 is 11.6 Å². The van der Waals surface area contributed by atoms with E-state index in [9.17, 15) is 9.59 Å². The number of aliphatic hydroxyl groups is 1. The molecule has 132 valence electrons. The van der Waals surface area contributed by atoms with Gasteiger partial charge in [0.15, 0.2) is 0 Å². The van der Waals surface area contributed by atoms with Crippen LogP contribution in [0.5, 0.6) is 0 Å². The van der Waals surface area contributed by atoms with Gasteiger partial charge in [0.05, 0.1) is 12.1 Å². The van der Waals surface area contributed by atoms with E-state index in [-0.39, 0.29) is 25.0 Å². The standard InChI is InChI=1S/C19H23N3O3/c1-19(2)17-13(12-6-3-4-7-14(12)20-17)10-15-18(25)21(8-5-9-23)11-16(24)22(15)19/h3-4,6-7,15,20,23H,5,8-11H2,1-2H3/t15-/m0/s1. The Hall–Kier alpha value is -2.34. The Bertz CT molecular complexity index is 855. The van der Waals surface area contributed by atoms with Crippen molar-refractivity contribution in [2.45, 2.75) is 38.3 Å². The first-order valence-electron chi connectivity index (χ1n) is 8.77. The first kappa shape index (κ1) is 16.1. The van der Waals surface area contributed by atoms with Gasteiger partial charge in [0.25, 0.3) is 0 Å². The first-order valence-corrected chi connectivity index (χ1v) is 8.77. The van der Waals surface area contributed by atoms with E-state index in [1.165, 1.54) is 0 Å². The number of carbonyl (C=O) groups excluding carboxylic acids is 2. The van der Waals surface area contributed by atoms with Crippen LogP contribution in [0.15, 0.2) is 24.3 Å². The van der Waals surface area contributed by atoms with E-state index in [2.05, 4.69) is 11.1 Å². The largest absolute Gasteiger partial charge is 0.396 e. The number of piperazine rings is 1. The molecule has 0 saturated carbocycles. The van der Waals surface area contributed by atoms with Crippen LogP contribution < -0.4 is 0 Å². The number of amides is 2. The molecule has 1 atom stereocenters. The lowest BCUT2D eigenvalue weighted by Gasteiger charge is -2.51. The van der Waals surface area contributed by atoms with Gasteiger partial charge < -0.3 is 19.9 Å². The molecule has 1 aromatic heterocycles. The maximum absolute atomic E-state index is 13.0. The minimum Gasteiger partial charge on any atom is -0.396 e. The summed E-state index contributed by atoms with van der Waals surface area (Å²) in [4.78, 5) is 32.7. The highest BCUT2D eigenvalue weighted by Gasteiger charge is 2.51. The number of H-pyrrole nitrogens is 1. The zero-order valence-electron chi connectivity index (χ0n) is 14.6. The van der Waals surface area contributed by atoms with Crippen LogP contribution in [0.4, 0.5) is 0 Å². The summed E-state index contributed by atoms with van der Waals surface area (Å²) in [5, 5.41) is 10.2. The van der Waals surface area contributed by atoms with Gasteiger partial charge in [-0.15, -0.1) is 0 Å². The summed E-state index contributed by atoms with van der Waals surface area (Å²) in [6.45, 7) is 4.54. The second-order valence-electron chi connectivity index (χ2n) is 7.40. The number of para-hydroxylation sites is 1. The Kier molecular flexibility index (Phi) is 3.61. The number of benzene rings is 1. The topological polar surface area (TPSA) is 76.6 Å². The second-order valence-corrected chi connectivity index (χ2v) is 7.40. The van der Waals surface area contributed by atoms with Crippen molar-refractivity contribution in [2.75, 3.05) is 19.7 Å². The van der Waals surface area contributed by atoms with Crippen molar-refractivity contribution in [1.82, 2.24) is 14.8 Å². The molecule has 1 aromatic carbocycles. The molecule has 2 aliphatic rings. The molecule has 2 aromatic rings. The number of hydrogen-bond donors (Lipinski definition) is 2. The van der Waals surface area contributed by atoms with E-state index in [1.807, 2.05) is 32.0 Å². The number of nitrogens with zero attached hydrogens (tertiary/aromatic N) is 2.